The van der Waals surface area contributed by atoms with Gasteiger partial charge in [-0.25, -0.2) is 0 Å². The molecule has 112 valence electrons. The summed E-state index contributed by atoms with van der Waals surface area (Å²) in [6, 6.07) is 5.59. The molecule has 0 aliphatic rings. The average Bonchev–Trinajstić information content (AvgIpc) is 2.30. The van der Waals surface area contributed by atoms with Crippen molar-refractivity contribution in [3.05, 3.63) is 29.3 Å². The summed E-state index contributed by atoms with van der Waals surface area (Å²) in [6.07, 6.45) is 0. The van der Waals surface area contributed by atoms with Crippen LogP contribution in [0.1, 0.15) is 31.9 Å². The highest BCUT2D eigenvalue weighted by molar-refractivity contribution is 5.95. The molecule has 0 bridgehead atoms. The first-order valence-electron chi connectivity index (χ1n) is 6.92. The lowest BCUT2D eigenvalue weighted by Gasteiger charge is -2.26. The Labute approximate surface area is 122 Å². The predicted molar refractivity (Wildman–Crippen MR) is 84.6 cm³/mol. The molecule has 0 aliphatic carbocycles. The summed E-state index contributed by atoms with van der Waals surface area (Å²) in [5.41, 5.74) is 8.79. The van der Waals surface area contributed by atoms with Gasteiger partial charge in [-0.15, -0.1) is 0 Å². The van der Waals surface area contributed by atoms with E-state index in [-0.39, 0.29) is 11.3 Å². The number of carbonyl (C=O) groups is 1. The van der Waals surface area contributed by atoms with E-state index in [1.807, 2.05) is 53.9 Å². The molecule has 20 heavy (non-hydrogen) atoms. The molecule has 1 aromatic carbocycles. The lowest BCUT2D eigenvalue weighted by molar-refractivity contribution is -0.119. The molecule has 0 saturated heterocycles. The summed E-state index contributed by atoms with van der Waals surface area (Å²) in [5, 5.41) is 2.95. The van der Waals surface area contributed by atoms with Gasteiger partial charge in [0.1, 0.15) is 0 Å². The first-order chi connectivity index (χ1) is 9.11. The lowest BCUT2D eigenvalue weighted by Crippen LogP contribution is -2.45. The third kappa shape index (κ3) is 4.62. The Bertz CT molecular complexity index is 475. The van der Waals surface area contributed by atoms with Gasteiger partial charge in [0.2, 0.25) is 5.91 Å². The maximum absolute atomic E-state index is 12.2. The van der Waals surface area contributed by atoms with Crippen molar-refractivity contribution >= 4 is 11.6 Å². The highest BCUT2D eigenvalue weighted by atomic mass is 16.2. The van der Waals surface area contributed by atoms with E-state index in [0.717, 1.165) is 17.8 Å². The Hall–Kier alpha value is -1.39. The molecule has 4 heteroatoms. The normalized spacial score (nSPS) is 13.4. The number of amides is 1. The first-order valence-corrected chi connectivity index (χ1v) is 6.92. The fourth-order valence-corrected chi connectivity index (χ4v) is 1.87. The van der Waals surface area contributed by atoms with Crippen LogP contribution in [-0.2, 0) is 11.3 Å². The molecular formula is C16H27N3O. The number of nitrogens with one attached hydrogen (secondary N) is 1. The molecular weight excluding hydrogens is 250 g/mol. The molecule has 0 unspecified atom stereocenters. The third-order valence-electron chi connectivity index (χ3n) is 3.27. The molecule has 0 aliphatic heterocycles. The minimum absolute atomic E-state index is 0.136. The predicted octanol–water partition coefficient (Wildman–Crippen LogP) is 2.37. The standard InChI is InChI=1S/C16H27N3O/c1-11-7-8-12(10-19(5)6)9-13(11)18-15(20)14(17)16(2,3)4/h7-9,14H,10,17H2,1-6H3,(H,18,20)/t14-/m1/s1. The maximum atomic E-state index is 12.2. The summed E-state index contributed by atoms with van der Waals surface area (Å²) < 4.78 is 0. The van der Waals surface area contributed by atoms with E-state index in [1.165, 1.54) is 5.56 Å². The van der Waals surface area contributed by atoms with Crippen LogP contribution in [0.4, 0.5) is 5.69 Å². The number of rotatable bonds is 4. The Kier molecular flexibility index (Phi) is 5.31. The molecule has 0 spiro atoms. The van der Waals surface area contributed by atoms with Gasteiger partial charge in [0, 0.05) is 12.2 Å². The van der Waals surface area contributed by atoms with Gasteiger partial charge >= 0.3 is 0 Å². The quantitative estimate of drug-likeness (QED) is 0.888. The van der Waals surface area contributed by atoms with Gasteiger partial charge in [-0.3, -0.25) is 4.79 Å². The largest absolute Gasteiger partial charge is 0.324 e. The highest BCUT2D eigenvalue weighted by Gasteiger charge is 2.27. The Morgan fingerprint density at radius 3 is 2.45 bits per heavy atom. The van der Waals surface area contributed by atoms with Crippen LogP contribution < -0.4 is 11.1 Å². The van der Waals surface area contributed by atoms with Crippen molar-refractivity contribution in [3.63, 3.8) is 0 Å². The molecule has 1 amide bonds. The Morgan fingerprint density at radius 1 is 1.35 bits per heavy atom. The number of hydrogen-bond acceptors (Lipinski definition) is 3. The van der Waals surface area contributed by atoms with Crippen molar-refractivity contribution in [2.24, 2.45) is 11.1 Å². The molecule has 4 nitrogen and oxygen atoms in total. The van der Waals surface area contributed by atoms with E-state index in [1.54, 1.807) is 0 Å². The van der Waals surface area contributed by atoms with Crippen LogP contribution in [0.15, 0.2) is 18.2 Å². The number of nitrogens with two attached hydrogens (primary N) is 1. The van der Waals surface area contributed by atoms with Crippen molar-refractivity contribution in [3.8, 4) is 0 Å². The minimum atomic E-state index is -0.528. The molecule has 1 aromatic rings. The molecule has 3 N–H and O–H groups in total. The molecule has 0 fully saturated rings. The van der Waals surface area contributed by atoms with Gasteiger partial charge in [0.15, 0.2) is 0 Å². The van der Waals surface area contributed by atoms with Gasteiger partial charge in [0.05, 0.1) is 6.04 Å². The summed E-state index contributed by atoms with van der Waals surface area (Å²) in [7, 11) is 4.04. The van der Waals surface area contributed by atoms with Gasteiger partial charge in [0.25, 0.3) is 0 Å². The Balaban J connectivity index is 2.89. The summed E-state index contributed by atoms with van der Waals surface area (Å²) >= 11 is 0. The number of nitrogens with zero attached hydrogens (tertiary/aromatic N) is 1. The van der Waals surface area contributed by atoms with E-state index in [2.05, 4.69) is 16.3 Å². The van der Waals surface area contributed by atoms with Crippen LogP contribution in [0.25, 0.3) is 0 Å². The highest BCUT2D eigenvalue weighted by Crippen LogP contribution is 2.21. The van der Waals surface area contributed by atoms with Gasteiger partial charge in [-0.2, -0.15) is 0 Å². The third-order valence-corrected chi connectivity index (χ3v) is 3.27. The monoisotopic (exact) mass is 277 g/mol. The van der Waals surface area contributed by atoms with E-state index in [9.17, 15) is 4.79 Å². The van der Waals surface area contributed by atoms with Crippen LogP contribution in [-0.4, -0.2) is 30.9 Å². The smallest absolute Gasteiger partial charge is 0.241 e. The van der Waals surface area contributed by atoms with Crippen molar-refractivity contribution < 1.29 is 4.79 Å². The fraction of sp³-hybridized carbons (Fsp3) is 0.562. The second-order valence-corrected chi connectivity index (χ2v) is 6.72. The second-order valence-electron chi connectivity index (χ2n) is 6.72. The average molecular weight is 277 g/mol. The van der Waals surface area contributed by atoms with Crippen molar-refractivity contribution in [2.45, 2.75) is 40.3 Å². The second kappa shape index (κ2) is 6.37. The van der Waals surface area contributed by atoms with Crippen LogP contribution in [0.2, 0.25) is 0 Å². The number of benzene rings is 1. The molecule has 1 atom stereocenters. The molecule has 0 aromatic heterocycles. The summed E-state index contributed by atoms with van der Waals surface area (Å²) in [6.45, 7) is 8.72. The fourth-order valence-electron chi connectivity index (χ4n) is 1.87. The van der Waals surface area contributed by atoms with E-state index in [4.69, 9.17) is 5.73 Å². The van der Waals surface area contributed by atoms with Gasteiger partial charge < -0.3 is 16.0 Å². The number of anilines is 1. The van der Waals surface area contributed by atoms with Crippen molar-refractivity contribution in [1.29, 1.82) is 0 Å². The maximum Gasteiger partial charge on any atom is 0.241 e. The summed E-state index contributed by atoms with van der Waals surface area (Å²) in [5.74, 6) is -0.136. The first kappa shape index (κ1) is 16.7. The topological polar surface area (TPSA) is 58.4 Å². The molecule has 0 saturated carbocycles. The van der Waals surface area contributed by atoms with Crippen LogP contribution in [0.5, 0.6) is 0 Å². The van der Waals surface area contributed by atoms with Crippen LogP contribution >= 0.6 is 0 Å². The SMILES string of the molecule is Cc1ccc(CN(C)C)cc1NC(=O)[C@@H](N)C(C)(C)C. The molecule has 0 heterocycles. The molecule has 1 rings (SSSR count). The lowest BCUT2D eigenvalue weighted by atomic mass is 9.87. The zero-order valence-corrected chi connectivity index (χ0v) is 13.4. The van der Waals surface area contributed by atoms with Crippen molar-refractivity contribution in [2.75, 3.05) is 19.4 Å². The van der Waals surface area contributed by atoms with Crippen molar-refractivity contribution in [1.82, 2.24) is 4.90 Å². The zero-order chi connectivity index (χ0) is 15.5. The number of carbonyl (C=O) groups excluding carboxylic acids is 1. The van der Waals surface area contributed by atoms with Gasteiger partial charge in [-0.1, -0.05) is 32.9 Å². The Morgan fingerprint density at radius 2 is 1.95 bits per heavy atom. The zero-order valence-electron chi connectivity index (χ0n) is 13.4. The minimum Gasteiger partial charge on any atom is -0.324 e. The number of aryl methyl sites for hydroxylation is 1. The number of hydrogen-bond donors (Lipinski definition) is 2. The van der Waals surface area contributed by atoms with E-state index in [0.29, 0.717) is 0 Å². The van der Waals surface area contributed by atoms with E-state index < -0.39 is 6.04 Å². The van der Waals surface area contributed by atoms with Crippen LogP contribution in [0, 0.1) is 12.3 Å². The summed E-state index contributed by atoms with van der Waals surface area (Å²) in [4.78, 5) is 14.3. The van der Waals surface area contributed by atoms with Gasteiger partial charge in [-0.05, 0) is 43.6 Å². The van der Waals surface area contributed by atoms with E-state index >= 15 is 0 Å². The van der Waals surface area contributed by atoms with Crippen LogP contribution in [0.3, 0.4) is 0 Å². The molecule has 0 radical (unpaired) electrons.